The largest absolute Gasteiger partial charge is 0.332 e. The summed E-state index contributed by atoms with van der Waals surface area (Å²) >= 11 is 0. The minimum atomic E-state index is 0.126. The third-order valence-electron chi connectivity index (χ3n) is 5.53. The smallest absolute Gasteiger partial charge is 0.254 e. The van der Waals surface area contributed by atoms with Crippen LogP contribution >= 0.6 is 0 Å². The second-order valence-electron chi connectivity index (χ2n) is 7.40. The zero-order valence-electron chi connectivity index (χ0n) is 15.9. The molecule has 0 N–H and O–H groups in total. The van der Waals surface area contributed by atoms with E-state index < -0.39 is 0 Å². The Bertz CT molecular complexity index is 929. The van der Waals surface area contributed by atoms with Crippen LogP contribution in [0.3, 0.4) is 0 Å². The minimum absolute atomic E-state index is 0.126. The highest BCUT2D eigenvalue weighted by Crippen LogP contribution is 2.34. The molecule has 0 spiro atoms. The molecule has 1 saturated heterocycles. The molecule has 0 aliphatic carbocycles. The molecule has 2 aromatic carbocycles. The van der Waals surface area contributed by atoms with E-state index in [1.54, 1.807) is 6.20 Å². The average molecular weight is 359 g/mol. The Balaban J connectivity index is 1.51. The van der Waals surface area contributed by atoms with E-state index in [9.17, 15) is 4.79 Å². The summed E-state index contributed by atoms with van der Waals surface area (Å²) < 4.78 is 1.88. The number of likely N-dealkylation sites (tertiary alicyclic amines) is 1. The molecule has 138 valence electrons. The summed E-state index contributed by atoms with van der Waals surface area (Å²) in [6.45, 7) is 5.81. The van der Waals surface area contributed by atoms with E-state index in [2.05, 4.69) is 37.1 Å². The molecule has 3 aromatic rings. The molecule has 4 heteroatoms. The van der Waals surface area contributed by atoms with E-state index in [1.165, 1.54) is 16.7 Å². The Labute approximate surface area is 160 Å². The van der Waals surface area contributed by atoms with E-state index in [1.807, 2.05) is 46.1 Å². The molecule has 4 nitrogen and oxygen atoms in total. The number of nitrogens with zero attached hydrogens (tertiary/aromatic N) is 3. The third-order valence-corrected chi connectivity index (χ3v) is 5.53. The molecule has 27 heavy (non-hydrogen) atoms. The van der Waals surface area contributed by atoms with E-state index >= 15 is 0 Å². The lowest BCUT2D eigenvalue weighted by atomic mass is 9.99. The predicted molar refractivity (Wildman–Crippen MR) is 107 cm³/mol. The van der Waals surface area contributed by atoms with Crippen molar-refractivity contribution in [1.29, 1.82) is 0 Å². The zero-order chi connectivity index (χ0) is 18.8. The first-order valence-corrected chi connectivity index (χ1v) is 9.56. The van der Waals surface area contributed by atoms with E-state index in [0.717, 1.165) is 37.1 Å². The normalized spacial score (nSPS) is 16.7. The average Bonchev–Trinajstić information content (AvgIpc) is 3.36. The van der Waals surface area contributed by atoms with Crippen LogP contribution in [-0.4, -0.2) is 27.1 Å². The lowest BCUT2D eigenvalue weighted by Gasteiger charge is -2.26. The van der Waals surface area contributed by atoms with E-state index in [4.69, 9.17) is 0 Å². The van der Waals surface area contributed by atoms with Crippen molar-refractivity contribution in [2.45, 2.75) is 39.3 Å². The van der Waals surface area contributed by atoms with Gasteiger partial charge in [-0.3, -0.25) is 9.48 Å². The van der Waals surface area contributed by atoms with Crippen molar-refractivity contribution in [1.82, 2.24) is 14.7 Å². The van der Waals surface area contributed by atoms with Gasteiger partial charge in [-0.05, 0) is 67.1 Å². The number of hydrogen-bond donors (Lipinski definition) is 0. The fraction of sp³-hybridized carbons (Fsp3) is 0.304. The summed E-state index contributed by atoms with van der Waals surface area (Å²) in [5.74, 6) is 0.126. The summed E-state index contributed by atoms with van der Waals surface area (Å²) in [5.41, 5.74) is 5.73. The Kier molecular flexibility index (Phi) is 4.80. The highest BCUT2D eigenvalue weighted by molar-refractivity contribution is 5.94. The van der Waals surface area contributed by atoms with Gasteiger partial charge in [-0.1, -0.05) is 30.3 Å². The molecule has 0 bridgehead atoms. The molecule has 1 unspecified atom stereocenters. The molecular formula is C23H25N3O. The van der Waals surface area contributed by atoms with Crippen molar-refractivity contribution >= 4 is 5.91 Å². The SMILES string of the molecule is Cc1ccc(C2CCCN2C(=O)c2ccc(Cn3cccn3)cc2)cc1C. The molecule has 2 heterocycles. The summed E-state index contributed by atoms with van der Waals surface area (Å²) in [7, 11) is 0. The van der Waals surface area contributed by atoms with Gasteiger partial charge in [0.25, 0.3) is 5.91 Å². The summed E-state index contributed by atoms with van der Waals surface area (Å²) in [5, 5.41) is 4.23. The van der Waals surface area contributed by atoms with Crippen molar-refractivity contribution in [2.24, 2.45) is 0 Å². The number of aryl methyl sites for hydroxylation is 2. The van der Waals surface area contributed by atoms with Crippen LogP contribution in [0.15, 0.2) is 60.9 Å². The highest BCUT2D eigenvalue weighted by Gasteiger charge is 2.30. The van der Waals surface area contributed by atoms with Gasteiger partial charge in [0.2, 0.25) is 0 Å². The van der Waals surface area contributed by atoms with Gasteiger partial charge >= 0.3 is 0 Å². The van der Waals surface area contributed by atoms with Crippen LogP contribution < -0.4 is 0 Å². The Morgan fingerprint density at radius 1 is 1.11 bits per heavy atom. The second kappa shape index (κ2) is 7.39. The van der Waals surface area contributed by atoms with Gasteiger partial charge < -0.3 is 4.90 Å². The Hall–Kier alpha value is -2.88. The lowest BCUT2D eigenvalue weighted by Crippen LogP contribution is -2.30. The van der Waals surface area contributed by atoms with Gasteiger partial charge in [-0.15, -0.1) is 0 Å². The maximum atomic E-state index is 13.1. The van der Waals surface area contributed by atoms with Crippen LogP contribution in [0.2, 0.25) is 0 Å². The van der Waals surface area contributed by atoms with Crippen molar-refractivity contribution in [3.63, 3.8) is 0 Å². The van der Waals surface area contributed by atoms with Crippen molar-refractivity contribution < 1.29 is 4.79 Å². The lowest BCUT2D eigenvalue weighted by molar-refractivity contribution is 0.0735. The monoisotopic (exact) mass is 359 g/mol. The fourth-order valence-electron chi connectivity index (χ4n) is 3.83. The quantitative estimate of drug-likeness (QED) is 0.687. The number of hydrogen-bond acceptors (Lipinski definition) is 2. The highest BCUT2D eigenvalue weighted by atomic mass is 16.2. The van der Waals surface area contributed by atoms with Crippen LogP contribution in [0.25, 0.3) is 0 Å². The molecule has 1 amide bonds. The number of carbonyl (C=O) groups excluding carboxylic acids is 1. The van der Waals surface area contributed by atoms with Crippen LogP contribution in [0.5, 0.6) is 0 Å². The van der Waals surface area contributed by atoms with E-state index in [-0.39, 0.29) is 11.9 Å². The second-order valence-corrected chi connectivity index (χ2v) is 7.40. The summed E-state index contributed by atoms with van der Waals surface area (Å²) in [6, 6.07) is 16.6. The molecule has 1 atom stereocenters. The molecular weight excluding hydrogens is 334 g/mol. The molecule has 0 radical (unpaired) electrons. The summed E-state index contributed by atoms with van der Waals surface area (Å²) in [6.07, 6.45) is 5.81. The third kappa shape index (κ3) is 3.65. The van der Waals surface area contributed by atoms with Gasteiger partial charge in [-0.25, -0.2) is 0 Å². The molecule has 1 fully saturated rings. The predicted octanol–water partition coefficient (Wildman–Crippen LogP) is 4.53. The molecule has 1 aromatic heterocycles. The number of rotatable bonds is 4. The van der Waals surface area contributed by atoms with Gasteiger partial charge in [0.15, 0.2) is 0 Å². The van der Waals surface area contributed by atoms with Crippen LogP contribution in [0.4, 0.5) is 0 Å². The molecule has 1 aliphatic heterocycles. The minimum Gasteiger partial charge on any atom is -0.332 e. The van der Waals surface area contributed by atoms with Crippen LogP contribution in [0, 0.1) is 13.8 Å². The number of carbonyl (C=O) groups is 1. The first-order chi connectivity index (χ1) is 13.1. The van der Waals surface area contributed by atoms with Gasteiger partial charge in [-0.2, -0.15) is 5.10 Å². The fourth-order valence-corrected chi connectivity index (χ4v) is 3.83. The standard InChI is InChI=1S/C23H25N3O/c1-17-6-9-21(15-18(17)2)22-5-3-14-26(22)23(27)20-10-7-19(8-11-20)16-25-13-4-12-24-25/h4,6-13,15,22H,3,5,14,16H2,1-2H3. The first kappa shape index (κ1) is 17.5. The first-order valence-electron chi connectivity index (χ1n) is 9.56. The zero-order valence-corrected chi connectivity index (χ0v) is 15.9. The molecule has 0 saturated carbocycles. The van der Waals surface area contributed by atoms with Crippen LogP contribution in [-0.2, 0) is 6.54 Å². The molecule has 4 rings (SSSR count). The number of benzene rings is 2. The Morgan fingerprint density at radius 2 is 1.93 bits per heavy atom. The topological polar surface area (TPSA) is 38.1 Å². The number of aromatic nitrogens is 2. The maximum Gasteiger partial charge on any atom is 0.254 e. The van der Waals surface area contributed by atoms with Crippen molar-refractivity contribution in [2.75, 3.05) is 6.54 Å². The van der Waals surface area contributed by atoms with E-state index in [0.29, 0.717) is 0 Å². The van der Waals surface area contributed by atoms with Crippen molar-refractivity contribution in [3.8, 4) is 0 Å². The maximum absolute atomic E-state index is 13.1. The summed E-state index contributed by atoms with van der Waals surface area (Å²) in [4.78, 5) is 15.2. The van der Waals surface area contributed by atoms with Gasteiger partial charge in [0.1, 0.15) is 0 Å². The number of amides is 1. The van der Waals surface area contributed by atoms with Gasteiger partial charge in [0.05, 0.1) is 12.6 Å². The van der Waals surface area contributed by atoms with Crippen LogP contribution in [0.1, 0.15) is 51.5 Å². The van der Waals surface area contributed by atoms with Gasteiger partial charge in [0, 0.05) is 24.5 Å². The Morgan fingerprint density at radius 3 is 2.63 bits per heavy atom. The molecule has 1 aliphatic rings. The van der Waals surface area contributed by atoms with Crippen molar-refractivity contribution in [3.05, 3.63) is 88.7 Å².